The summed E-state index contributed by atoms with van der Waals surface area (Å²) in [7, 11) is 0. The van der Waals surface area contributed by atoms with Crippen molar-refractivity contribution in [2.45, 2.75) is 33.7 Å². The van der Waals surface area contributed by atoms with Gasteiger partial charge >= 0.3 is 0 Å². The van der Waals surface area contributed by atoms with Crippen LogP contribution in [0.4, 0.5) is 0 Å². The highest BCUT2D eigenvalue weighted by Crippen LogP contribution is 2.30. The van der Waals surface area contributed by atoms with Crippen LogP contribution < -0.4 is 10.5 Å². The summed E-state index contributed by atoms with van der Waals surface area (Å²) in [5, 5.41) is 0.740. The predicted octanol–water partition coefficient (Wildman–Crippen LogP) is 3.70. The Morgan fingerprint density at radius 2 is 1.94 bits per heavy atom. The Kier molecular flexibility index (Phi) is 4.63. The minimum atomic E-state index is -0.0692. The van der Waals surface area contributed by atoms with Gasteiger partial charge in [0.15, 0.2) is 0 Å². The van der Waals surface area contributed by atoms with Gasteiger partial charge in [0, 0.05) is 16.6 Å². The van der Waals surface area contributed by atoms with Gasteiger partial charge in [-0.2, -0.15) is 0 Å². The molecule has 0 heterocycles. The Balaban J connectivity index is 3.00. The smallest absolute Gasteiger partial charge is 0.124 e. The van der Waals surface area contributed by atoms with E-state index in [4.69, 9.17) is 22.1 Å². The fraction of sp³-hybridized carbons (Fsp3) is 0.538. The molecule has 0 bridgehead atoms. The summed E-state index contributed by atoms with van der Waals surface area (Å²) in [5.74, 6) is 1.35. The van der Waals surface area contributed by atoms with E-state index < -0.39 is 0 Å². The van der Waals surface area contributed by atoms with E-state index in [9.17, 15) is 0 Å². The van der Waals surface area contributed by atoms with Crippen LogP contribution in [0.15, 0.2) is 12.1 Å². The Morgan fingerprint density at radius 3 is 2.44 bits per heavy atom. The molecular weight excluding hydrogens is 222 g/mol. The average molecular weight is 242 g/mol. The lowest BCUT2D eigenvalue weighted by atomic mass is 10.1. The number of aryl methyl sites for hydroxylation is 1. The second kappa shape index (κ2) is 5.55. The first-order valence-electron chi connectivity index (χ1n) is 5.60. The lowest BCUT2D eigenvalue weighted by Crippen LogP contribution is -2.11. The van der Waals surface area contributed by atoms with Gasteiger partial charge in [0.25, 0.3) is 0 Å². The maximum absolute atomic E-state index is 6.08. The summed E-state index contributed by atoms with van der Waals surface area (Å²) in [4.78, 5) is 0. The molecule has 0 saturated carbocycles. The molecule has 0 saturated heterocycles. The third kappa shape index (κ3) is 3.39. The summed E-state index contributed by atoms with van der Waals surface area (Å²) in [6.07, 6.45) is 0. The molecule has 0 aliphatic carbocycles. The van der Waals surface area contributed by atoms with Crippen molar-refractivity contribution >= 4 is 11.6 Å². The van der Waals surface area contributed by atoms with Gasteiger partial charge < -0.3 is 10.5 Å². The summed E-state index contributed by atoms with van der Waals surface area (Å²) in [6, 6.07) is 3.79. The fourth-order valence-electron chi connectivity index (χ4n) is 1.41. The van der Waals surface area contributed by atoms with E-state index in [2.05, 4.69) is 13.8 Å². The van der Waals surface area contributed by atoms with Crippen molar-refractivity contribution in [3.8, 4) is 5.75 Å². The highest BCUT2D eigenvalue weighted by atomic mass is 35.5. The van der Waals surface area contributed by atoms with Crippen LogP contribution >= 0.6 is 11.6 Å². The van der Waals surface area contributed by atoms with Gasteiger partial charge in [-0.1, -0.05) is 25.4 Å². The molecule has 0 amide bonds. The number of ether oxygens (including phenoxy) is 1. The zero-order chi connectivity index (χ0) is 12.3. The third-order valence-corrected chi connectivity index (χ3v) is 2.76. The molecule has 16 heavy (non-hydrogen) atoms. The van der Waals surface area contributed by atoms with Gasteiger partial charge in [-0.3, -0.25) is 0 Å². The molecule has 0 fully saturated rings. The highest BCUT2D eigenvalue weighted by Gasteiger charge is 2.11. The van der Waals surface area contributed by atoms with E-state index in [1.54, 1.807) is 0 Å². The fourth-order valence-corrected chi connectivity index (χ4v) is 1.58. The van der Waals surface area contributed by atoms with Gasteiger partial charge in [0.2, 0.25) is 0 Å². The lowest BCUT2D eigenvalue weighted by molar-refractivity contribution is 0.267. The van der Waals surface area contributed by atoms with Crippen molar-refractivity contribution in [2.24, 2.45) is 11.7 Å². The number of rotatable bonds is 4. The first-order chi connectivity index (χ1) is 7.41. The van der Waals surface area contributed by atoms with Gasteiger partial charge in [-0.25, -0.2) is 0 Å². The summed E-state index contributed by atoms with van der Waals surface area (Å²) in [6.45, 7) is 8.84. The molecule has 3 heteroatoms. The monoisotopic (exact) mass is 241 g/mol. The van der Waals surface area contributed by atoms with E-state index >= 15 is 0 Å². The molecule has 90 valence electrons. The van der Waals surface area contributed by atoms with Crippen molar-refractivity contribution in [2.75, 3.05) is 6.61 Å². The molecule has 0 radical (unpaired) electrons. The van der Waals surface area contributed by atoms with Gasteiger partial charge in [-0.15, -0.1) is 0 Å². The van der Waals surface area contributed by atoms with Crippen LogP contribution in [0, 0.1) is 12.8 Å². The topological polar surface area (TPSA) is 35.2 Å². The number of benzene rings is 1. The molecule has 0 aromatic heterocycles. The Hall–Kier alpha value is -0.730. The van der Waals surface area contributed by atoms with Crippen LogP contribution in [0.25, 0.3) is 0 Å². The molecule has 1 unspecified atom stereocenters. The second-order valence-electron chi connectivity index (χ2n) is 4.63. The van der Waals surface area contributed by atoms with Crippen LogP contribution in [0.1, 0.15) is 37.9 Å². The molecule has 0 aliphatic rings. The summed E-state index contributed by atoms with van der Waals surface area (Å²) < 4.78 is 5.76. The number of halogens is 1. The van der Waals surface area contributed by atoms with Crippen LogP contribution in [-0.2, 0) is 0 Å². The van der Waals surface area contributed by atoms with E-state index in [-0.39, 0.29) is 6.04 Å². The van der Waals surface area contributed by atoms with Crippen LogP contribution in [0.3, 0.4) is 0 Å². The molecule has 0 spiro atoms. The lowest BCUT2D eigenvalue weighted by Gasteiger charge is -2.17. The number of nitrogens with two attached hydrogens (primary N) is 1. The quantitative estimate of drug-likeness (QED) is 0.872. The molecule has 1 aromatic rings. The van der Waals surface area contributed by atoms with Gasteiger partial charge in [0.1, 0.15) is 5.75 Å². The maximum Gasteiger partial charge on any atom is 0.124 e. The highest BCUT2D eigenvalue weighted by molar-refractivity contribution is 6.31. The largest absolute Gasteiger partial charge is 0.493 e. The van der Waals surface area contributed by atoms with Crippen molar-refractivity contribution in [1.82, 2.24) is 0 Å². The SMILES string of the molecule is Cc1cc(OCC(C)C)c(C(C)N)cc1Cl. The zero-order valence-corrected chi connectivity index (χ0v) is 11.1. The summed E-state index contributed by atoms with van der Waals surface area (Å²) in [5.41, 5.74) is 7.89. The van der Waals surface area contributed by atoms with Crippen LogP contribution in [0.5, 0.6) is 5.75 Å². The number of hydrogen-bond acceptors (Lipinski definition) is 2. The van der Waals surface area contributed by atoms with E-state index in [1.165, 1.54) is 0 Å². The molecule has 1 rings (SSSR count). The second-order valence-corrected chi connectivity index (χ2v) is 5.04. The average Bonchev–Trinajstić information content (AvgIpc) is 2.18. The normalized spacial score (nSPS) is 12.9. The molecule has 2 N–H and O–H groups in total. The van der Waals surface area contributed by atoms with Crippen molar-refractivity contribution in [1.29, 1.82) is 0 Å². The minimum absolute atomic E-state index is 0.0692. The Bertz CT molecular complexity index is 361. The van der Waals surface area contributed by atoms with Crippen molar-refractivity contribution < 1.29 is 4.74 Å². The zero-order valence-electron chi connectivity index (χ0n) is 10.4. The van der Waals surface area contributed by atoms with Gasteiger partial charge in [0.05, 0.1) is 6.61 Å². The predicted molar refractivity (Wildman–Crippen MR) is 69.1 cm³/mol. The van der Waals surface area contributed by atoms with E-state index in [0.29, 0.717) is 12.5 Å². The van der Waals surface area contributed by atoms with Crippen LogP contribution in [0.2, 0.25) is 5.02 Å². The summed E-state index contributed by atoms with van der Waals surface area (Å²) >= 11 is 6.08. The van der Waals surface area contributed by atoms with E-state index in [0.717, 1.165) is 21.9 Å². The molecule has 2 nitrogen and oxygen atoms in total. The first-order valence-corrected chi connectivity index (χ1v) is 5.98. The Labute approximate surface area is 103 Å². The van der Waals surface area contributed by atoms with Crippen LogP contribution in [-0.4, -0.2) is 6.61 Å². The minimum Gasteiger partial charge on any atom is -0.493 e. The third-order valence-electron chi connectivity index (χ3n) is 2.35. The molecular formula is C13H20ClNO. The van der Waals surface area contributed by atoms with Crippen molar-refractivity contribution in [3.63, 3.8) is 0 Å². The molecule has 0 aliphatic heterocycles. The Morgan fingerprint density at radius 1 is 1.31 bits per heavy atom. The standard InChI is InChI=1S/C13H20ClNO/c1-8(2)7-16-13-5-9(3)12(14)6-11(13)10(4)15/h5-6,8,10H,7,15H2,1-4H3. The number of hydrogen-bond donors (Lipinski definition) is 1. The molecule has 1 atom stereocenters. The molecule has 1 aromatic carbocycles. The van der Waals surface area contributed by atoms with Crippen molar-refractivity contribution in [3.05, 3.63) is 28.3 Å². The first kappa shape index (κ1) is 13.3. The maximum atomic E-state index is 6.08. The van der Waals surface area contributed by atoms with E-state index in [1.807, 2.05) is 26.0 Å². The van der Waals surface area contributed by atoms with Gasteiger partial charge in [-0.05, 0) is 37.5 Å².